The smallest absolute Gasteiger partial charge is 0.410 e. The predicted molar refractivity (Wildman–Crippen MR) is 508 cm³/mol. The largest absolute Gasteiger partial charge is 0.492 e. The van der Waals surface area contributed by atoms with E-state index in [9.17, 15) is 68.7 Å². The van der Waals surface area contributed by atoms with Crippen molar-refractivity contribution in [2.45, 2.75) is 279 Å². The number of aliphatic hydroxyl groups is 5. The monoisotopic (exact) mass is 2060 g/mol. The second-order valence-corrected chi connectivity index (χ2v) is 40.8. The van der Waals surface area contributed by atoms with Crippen LogP contribution in [0.2, 0.25) is 0 Å². The van der Waals surface area contributed by atoms with E-state index in [0.717, 1.165) is 17.3 Å². The van der Waals surface area contributed by atoms with Crippen molar-refractivity contribution in [3.05, 3.63) is 91.7 Å². The number of nitrogens with one attached hydrogen (secondary N) is 4. The molecular weight excluding hydrogens is 1930 g/mol. The third-order valence-corrected chi connectivity index (χ3v) is 31.4. The molecule has 3 aliphatic carbocycles. The average Bonchev–Trinajstić information content (AvgIpc) is 1.50. The maximum atomic E-state index is 14.8. The highest BCUT2D eigenvalue weighted by molar-refractivity contribution is 14.1. The number of ketones is 3. The molecule has 41 heteroatoms. The standard InChI is InChI=1S/C94H130IN9O28S3/c1-17-104(91(117)125-45-54-28-30-57(31-29-54)101-85(113)56(25-21-37-100-90(98)116)40-62(106)73(47(2)3)102-86(114)55(39-49(5)105)24-18-19-35-96)61-46-124-68(43-66(61)119-12)130-81-76(111)74(103-132-69-42-63(107)83(53(9)126-69)134-87(115)70-50(6)72(95)79(82(123-16)78(70)121-14)131-88-77(112)80(122-15)75(110)52(8)128-88)51(7)127-89(81)129-65-27-20-23-48(4)32-34-93-60(41-67(109)120-13)64(108)44-94(93,118)58(71(65)93)33-38-133-135-92(10,11)59-26-22-36-99-84(59)97/h22-23,26,28-31,33,36,47,51-53,55-56,60-61,63,65-66,68-69,71,73-77,80-81,83,88-89,103,107,110-112,118H,17-19,21,24-25,35,37-46,96H2,1-16H3,(H2,97,99)(H,101,113)(H,102,114)(H3,98,100,116)/b48-23-,58-33+/t51-,52+,53-,55-,56-,60?,61+,63+,65+,66+,68+,69+,71?,73+,74-,75+,76+,77-,80-,81-,83-,88+,89+,93?,94+/m1/s1. The number of halogens is 1. The van der Waals surface area contributed by atoms with Crippen molar-refractivity contribution >= 4 is 120 Å². The summed E-state index contributed by atoms with van der Waals surface area (Å²) in [4.78, 5) is 135. The summed E-state index contributed by atoms with van der Waals surface area (Å²) in [5.41, 5.74) is 19.6. The zero-order chi connectivity index (χ0) is 98.8. The summed E-state index contributed by atoms with van der Waals surface area (Å²) in [6.45, 7) is 19.1. The van der Waals surface area contributed by atoms with Gasteiger partial charge >= 0.3 is 18.1 Å². The molecule has 1 aromatic heterocycles. The molecule has 1 spiro atoms. The summed E-state index contributed by atoms with van der Waals surface area (Å²) >= 11 is 2.77. The van der Waals surface area contributed by atoms with Gasteiger partial charge in [-0.2, -0.15) is 5.48 Å². The Kier molecular flexibility index (Phi) is 39.9. The number of hydroxylamine groups is 1. The van der Waals surface area contributed by atoms with Crippen LogP contribution in [-0.4, -0.2) is 277 Å². The van der Waals surface area contributed by atoms with Crippen LogP contribution in [0.5, 0.6) is 17.2 Å². The number of likely N-dealkylation sites (N-methyl/N-ethyl adjacent to an activating group) is 1. The Hall–Kier alpha value is -7.84. The molecule has 7 aliphatic rings. The van der Waals surface area contributed by atoms with Gasteiger partial charge in [-0.3, -0.25) is 33.6 Å². The number of aliphatic hydroxyl groups excluding tert-OH is 4. The van der Waals surface area contributed by atoms with E-state index in [4.69, 9.17) is 83.6 Å². The number of benzene rings is 2. The molecule has 25 atom stereocenters. The number of esters is 1. The van der Waals surface area contributed by atoms with Gasteiger partial charge in [0.15, 0.2) is 36.2 Å². The lowest BCUT2D eigenvalue weighted by atomic mass is 9.44. The molecule has 0 radical (unpaired) electrons. The number of pyridine rings is 1. The van der Waals surface area contributed by atoms with E-state index < -0.39 is 215 Å². The van der Waals surface area contributed by atoms with Gasteiger partial charge in [0.1, 0.15) is 66.2 Å². The van der Waals surface area contributed by atoms with E-state index in [1.165, 1.54) is 69.0 Å². The lowest BCUT2D eigenvalue weighted by Crippen LogP contribution is -2.69. The fourth-order valence-electron chi connectivity index (χ4n) is 18.5. The number of carbonyl (C=O) groups excluding carboxylic acids is 9. The van der Waals surface area contributed by atoms with Crippen molar-refractivity contribution in [1.82, 2.24) is 26.0 Å². The Bertz CT molecular complexity index is 4870. The SMILES string of the molecule is CCN(C(=O)OCc1ccc(NC(=O)[C@H](CCCNC(N)=O)CC(=O)[C@@H](NC(=O)[C@H](CCCCN)CC(C)=O)C(C)C)cc1)[C@H]1CO[C@@H](O[C@H]2[C@H](O[C@H]3C#C/C=C(/C)C#CC45C(CC(=O)OC)C(=O)C[C@]4(O)/C(=C/CSSC(C)(C)c4cccnc4N)C35)O[C@H](C)[C@@H](NO[C@H]3C[C@H](O)[C@H](SC(=O)c4c(C)c(I)c(O[C@@H]5O[C@@H](C)[C@H](O)[C@@H](OC)[C@H]5O)c(OC)c4OC)[C@@H](C)O3)[C@@H]2O)C[C@@H]1OC. The maximum absolute atomic E-state index is 14.8. The molecule has 15 N–H and O–H groups in total. The number of ether oxygens (including phenoxy) is 13. The maximum Gasteiger partial charge on any atom is 0.410 e. The number of methoxy groups -OCH3 is 5. The number of hydrogen-bond donors (Lipinski definition) is 12. The molecule has 4 saturated heterocycles. The van der Waals surface area contributed by atoms with Crippen LogP contribution in [0.4, 0.5) is 21.1 Å². The van der Waals surface area contributed by atoms with Crippen molar-refractivity contribution < 1.29 is 135 Å². The van der Waals surface area contributed by atoms with Crippen molar-refractivity contribution in [3.63, 3.8) is 0 Å². The van der Waals surface area contributed by atoms with Crippen LogP contribution in [0, 0.1) is 69.2 Å². The Labute approximate surface area is 812 Å². The number of urea groups is 1. The van der Waals surface area contributed by atoms with Gasteiger partial charge in [-0.25, -0.2) is 14.6 Å². The Balaban J connectivity index is 0.875. The number of carbonyl (C=O) groups is 9. The molecule has 2 saturated carbocycles. The molecule has 6 fully saturated rings. The molecular formula is C94H130IN9O28S3. The molecule has 10 rings (SSSR count). The highest BCUT2D eigenvalue weighted by atomic mass is 127. The first kappa shape index (κ1) is 109. The number of Topliss-reactive ketones (excluding diaryl/α,β-unsaturated/α-hetero) is 3. The first-order valence-corrected chi connectivity index (χ1v) is 49.5. The van der Waals surface area contributed by atoms with Crippen LogP contribution < -0.4 is 52.8 Å². The summed E-state index contributed by atoms with van der Waals surface area (Å²) in [6.07, 6.45) is -13.8. The van der Waals surface area contributed by atoms with E-state index >= 15 is 0 Å². The van der Waals surface area contributed by atoms with Gasteiger partial charge in [-0.05, 0) is 164 Å². The quantitative estimate of drug-likeness (QED) is 0.00503. The highest BCUT2D eigenvalue weighted by Crippen LogP contribution is 2.70. The predicted octanol–water partition coefficient (Wildman–Crippen LogP) is 7.28. The second kappa shape index (κ2) is 49.3. The lowest BCUT2D eigenvalue weighted by Gasteiger charge is -2.60. The number of amides is 5. The van der Waals surface area contributed by atoms with Crippen LogP contribution in [0.3, 0.4) is 0 Å². The lowest BCUT2D eigenvalue weighted by molar-refractivity contribution is -0.343. The summed E-state index contributed by atoms with van der Waals surface area (Å²) in [7, 11) is 9.63. The van der Waals surface area contributed by atoms with Crippen molar-refractivity contribution in [2.75, 3.05) is 78.6 Å². The van der Waals surface area contributed by atoms with Crippen molar-refractivity contribution in [3.8, 4) is 40.9 Å². The number of hydrogen-bond acceptors (Lipinski definition) is 35. The zero-order valence-electron chi connectivity index (χ0n) is 78.9. The number of anilines is 2. The summed E-state index contributed by atoms with van der Waals surface area (Å²) in [6, 6.07) is 6.40. The van der Waals surface area contributed by atoms with Gasteiger partial charge < -0.3 is 130 Å². The van der Waals surface area contributed by atoms with Gasteiger partial charge in [-0.1, -0.05) is 102 Å². The molecule has 135 heavy (non-hydrogen) atoms. The van der Waals surface area contributed by atoms with E-state index in [1.807, 2.05) is 48.6 Å². The Morgan fingerprint density at radius 3 is 2.19 bits per heavy atom. The number of unbranched alkanes of at least 4 members (excludes halogenated alkanes) is 1. The van der Waals surface area contributed by atoms with Crippen molar-refractivity contribution in [1.29, 1.82) is 0 Å². The van der Waals surface area contributed by atoms with Crippen LogP contribution >= 0.6 is 55.9 Å². The molecule has 2 aromatic carbocycles. The van der Waals surface area contributed by atoms with E-state index in [2.05, 4.69) is 50.1 Å². The summed E-state index contributed by atoms with van der Waals surface area (Å²) in [5.74, 6) is 6.43. The average molecular weight is 2060 g/mol. The molecule has 37 nitrogen and oxygen atoms in total. The van der Waals surface area contributed by atoms with Gasteiger partial charge in [0.2, 0.25) is 29.0 Å². The van der Waals surface area contributed by atoms with Crippen LogP contribution in [0.25, 0.3) is 0 Å². The van der Waals surface area contributed by atoms with Gasteiger partial charge in [0.05, 0.1) is 103 Å². The number of rotatable bonds is 44. The Morgan fingerprint density at radius 2 is 1.54 bits per heavy atom. The second-order valence-electron chi connectivity index (χ2n) is 35.6. The van der Waals surface area contributed by atoms with Crippen LogP contribution in [0.15, 0.2) is 65.9 Å². The fraction of sp³-hybridized carbons (Fsp3) is 0.638. The number of primary amides is 1. The minimum Gasteiger partial charge on any atom is -0.492 e. The van der Waals surface area contributed by atoms with Crippen LogP contribution in [0.1, 0.15) is 167 Å². The number of nitrogens with zero attached hydrogens (tertiary/aromatic N) is 2. The topological polar surface area (TPSA) is 526 Å². The molecule has 744 valence electrons. The molecule has 0 bridgehead atoms. The molecule has 5 heterocycles. The molecule has 3 unspecified atom stereocenters. The number of nitrogens with two attached hydrogens (primary N) is 3. The van der Waals surface area contributed by atoms with E-state index in [-0.39, 0.29) is 105 Å². The van der Waals surface area contributed by atoms with Crippen LogP contribution in [-0.2, 0) is 92.3 Å². The van der Waals surface area contributed by atoms with E-state index in [0.29, 0.717) is 63.2 Å². The number of aromatic nitrogens is 1. The normalized spacial score (nSPS) is 30.1. The Morgan fingerprint density at radius 1 is 0.837 bits per heavy atom. The van der Waals surface area contributed by atoms with Gasteiger partial charge in [0.25, 0.3) is 0 Å². The fourth-order valence-corrected chi connectivity index (χ4v) is 22.7. The number of allylic oxidation sites excluding steroid dienone is 2. The highest BCUT2D eigenvalue weighted by Gasteiger charge is 2.79. The van der Waals surface area contributed by atoms with Gasteiger partial charge in [-0.15, -0.1) is 0 Å². The minimum atomic E-state index is -1.97. The third-order valence-electron chi connectivity index (χ3n) is 25.7. The molecule has 4 aliphatic heterocycles. The third kappa shape index (κ3) is 25.9. The minimum absolute atomic E-state index is 0.00559. The van der Waals surface area contributed by atoms with Crippen molar-refractivity contribution in [2.24, 2.45) is 46.5 Å². The first-order valence-electron chi connectivity index (χ1n) is 45.2. The molecule has 5 amide bonds. The first-order chi connectivity index (χ1) is 64.2. The van der Waals surface area contributed by atoms with E-state index in [1.54, 1.807) is 98.0 Å². The number of nitrogen functional groups attached to an aromatic ring is 1. The summed E-state index contributed by atoms with van der Waals surface area (Å²) in [5, 5.41) is 67.3. The molecule has 3 aromatic rings. The number of thioether (sulfide) groups is 1. The zero-order valence-corrected chi connectivity index (χ0v) is 83.5. The summed E-state index contributed by atoms with van der Waals surface area (Å²) < 4.78 is 80.2. The van der Waals surface area contributed by atoms with Gasteiger partial charge in [0, 0.05) is 117 Å².